The second-order valence-electron chi connectivity index (χ2n) is 8.85. The van der Waals surface area contributed by atoms with Gasteiger partial charge in [-0.25, -0.2) is 4.79 Å². The van der Waals surface area contributed by atoms with Gasteiger partial charge in [0, 0.05) is 18.0 Å². The Morgan fingerprint density at radius 2 is 1.67 bits per heavy atom. The number of carbonyl (C=O) groups is 3. The van der Waals surface area contributed by atoms with Gasteiger partial charge in [0.25, 0.3) is 0 Å². The van der Waals surface area contributed by atoms with E-state index in [2.05, 4.69) is 17.4 Å². The molecule has 2 amide bonds. The molecule has 3 unspecified atom stereocenters. The SMILES string of the molecule is CCC1CCC(C)N1C(=O)C(CC(=O)O)NC(=O)OCC1c2ccccc2-c2ccccc21. The van der Waals surface area contributed by atoms with Crippen LogP contribution in [0.1, 0.15) is 56.6 Å². The number of carbonyl (C=O) groups excluding carboxylic acids is 2. The topological polar surface area (TPSA) is 95.9 Å². The minimum atomic E-state index is -1.16. The monoisotopic (exact) mass is 450 g/mol. The Balaban J connectivity index is 1.45. The molecule has 7 heteroatoms. The second-order valence-corrected chi connectivity index (χ2v) is 8.85. The van der Waals surface area contributed by atoms with E-state index in [0.717, 1.165) is 41.5 Å². The van der Waals surface area contributed by atoms with Crippen LogP contribution in [-0.4, -0.2) is 52.7 Å². The van der Waals surface area contributed by atoms with Gasteiger partial charge >= 0.3 is 12.1 Å². The van der Waals surface area contributed by atoms with E-state index in [9.17, 15) is 19.5 Å². The van der Waals surface area contributed by atoms with Crippen LogP contribution in [0.15, 0.2) is 48.5 Å². The molecule has 7 nitrogen and oxygen atoms in total. The van der Waals surface area contributed by atoms with Crippen LogP contribution in [-0.2, 0) is 14.3 Å². The molecule has 1 saturated heterocycles. The molecule has 0 spiro atoms. The van der Waals surface area contributed by atoms with Crippen molar-refractivity contribution < 1.29 is 24.2 Å². The molecule has 1 heterocycles. The summed E-state index contributed by atoms with van der Waals surface area (Å²) >= 11 is 0. The number of fused-ring (bicyclic) bond motifs is 3. The van der Waals surface area contributed by atoms with E-state index in [1.807, 2.05) is 50.2 Å². The molecule has 33 heavy (non-hydrogen) atoms. The largest absolute Gasteiger partial charge is 0.481 e. The molecule has 1 aliphatic carbocycles. The first-order valence-corrected chi connectivity index (χ1v) is 11.6. The van der Waals surface area contributed by atoms with Gasteiger partial charge in [-0.1, -0.05) is 55.5 Å². The molecular formula is C26H30N2O5. The standard InChI is InChI=1S/C26H30N2O5/c1-3-17-13-12-16(2)28(17)25(31)23(14-24(29)30)27-26(32)33-15-22-20-10-6-4-8-18(20)19-9-5-7-11-21(19)22/h4-11,16-17,22-23H,3,12-15H2,1-2H3,(H,27,32)(H,29,30). The number of likely N-dealkylation sites (tertiary alicyclic amines) is 1. The lowest BCUT2D eigenvalue weighted by molar-refractivity contribution is -0.143. The summed E-state index contributed by atoms with van der Waals surface area (Å²) in [5, 5.41) is 11.9. The van der Waals surface area contributed by atoms with E-state index >= 15 is 0 Å². The van der Waals surface area contributed by atoms with Gasteiger partial charge in [0.1, 0.15) is 12.6 Å². The number of hydrogen-bond acceptors (Lipinski definition) is 4. The Bertz CT molecular complexity index is 1010. The number of carboxylic acid groups (broad SMARTS) is 1. The lowest BCUT2D eigenvalue weighted by Gasteiger charge is -2.31. The van der Waals surface area contributed by atoms with Crippen LogP contribution in [0.25, 0.3) is 11.1 Å². The van der Waals surface area contributed by atoms with Crippen molar-refractivity contribution in [3.63, 3.8) is 0 Å². The van der Waals surface area contributed by atoms with E-state index < -0.39 is 24.5 Å². The van der Waals surface area contributed by atoms with Crippen molar-refractivity contribution in [1.82, 2.24) is 10.2 Å². The second kappa shape index (κ2) is 9.65. The summed E-state index contributed by atoms with van der Waals surface area (Å²) in [5.74, 6) is -1.62. The van der Waals surface area contributed by atoms with Gasteiger partial charge in [-0.2, -0.15) is 0 Å². The van der Waals surface area contributed by atoms with E-state index in [0.29, 0.717) is 0 Å². The third-order valence-electron chi connectivity index (χ3n) is 6.82. The fourth-order valence-corrected chi connectivity index (χ4v) is 5.21. The quantitative estimate of drug-likeness (QED) is 0.660. The molecule has 2 aromatic carbocycles. The molecule has 2 aromatic rings. The summed E-state index contributed by atoms with van der Waals surface area (Å²) in [4.78, 5) is 39.0. The predicted octanol–water partition coefficient (Wildman–Crippen LogP) is 4.16. The number of hydrogen-bond donors (Lipinski definition) is 2. The number of aliphatic carboxylic acids is 1. The maximum atomic E-state index is 13.2. The molecule has 0 radical (unpaired) electrons. The number of alkyl carbamates (subject to hydrolysis) is 1. The summed E-state index contributed by atoms with van der Waals surface area (Å²) in [7, 11) is 0. The molecular weight excluding hydrogens is 420 g/mol. The number of benzene rings is 2. The van der Waals surface area contributed by atoms with E-state index in [4.69, 9.17) is 4.74 Å². The molecule has 3 atom stereocenters. The van der Waals surface area contributed by atoms with E-state index in [-0.39, 0.29) is 30.5 Å². The van der Waals surface area contributed by atoms with Crippen LogP contribution >= 0.6 is 0 Å². The minimum absolute atomic E-state index is 0.0167. The van der Waals surface area contributed by atoms with Crippen molar-refractivity contribution in [2.24, 2.45) is 0 Å². The normalized spacial score (nSPS) is 20.1. The van der Waals surface area contributed by atoms with Crippen LogP contribution < -0.4 is 5.32 Å². The van der Waals surface area contributed by atoms with Gasteiger partial charge in [0.15, 0.2) is 0 Å². The molecule has 0 saturated carbocycles. The Morgan fingerprint density at radius 1 is 1.06 bits per heavy atom. The first kappa shape index (κ1) is 22.8. The van der Waals surface area contributed by atoms with Crippen LogP contribution in [0.5, 0.6) is 0 Å². The van der Waals surface area contributed by atoms with Gasteiger partial charge in [0.05, 0.1) is 6.42 Å². The molecule has 0 bridgehead atoms. The summed E-state index contributed by atoms with van der Waals surface area (Å²) < 4.78 is 5.53. The summed E-state index contributed by atoms with van der Waals surface area (Å²) in [5.41, 5.74) is 4.41. The van der Waals surface area contributed by atoms with Crippen LogP contribution in [0.2, 0.25) is 0 Å². The van der Waals surface area contributed by atoms with Crippen molar-refractivity contribution >= 4 is 18.0 Å². The Kier molecular flexibility index (Phi) is 6.67. The highest BCUT2D eigenvalue weighted by Crippen LogP contribution is 2.44. The Labute approximate surface area is 193 Å². The van der Waals surface area contributed by atoms with Crippen molar-refractivity contribution in [2.45, 2.75) is 63.6 Å². The molecule has 174 valence electrons. The smallest absolute Gasteiger partial charge is 0.407 e. The van der Waals surface area contributed by atoms with Gasteiger partial charge in [-0.15, -0.1) is 0 Å². The number of carboxylic acids is 1. The third-order valence-corrected chi connectivity index (χ3v) is 6.82. The first-order valence-electron chi connectivity index (χ1n) is 11.6. The number of amides is 2. The number of rotatable bonds is 7. The highest BCUT2D eigenvalue weighted by Gasteiger charge is 2.38. The lowest BCUT2D eigenvalue weighted by atomic mass is 9.98. The Hall–Kier alpha value is -3.35. The zero-order valence-electron chi connectivity index (χ0n) is 19.0. The predicted molar refractivity (Wildman–Crippen MR) is 124 cm³/mol. The van der Waals surface area contributed by atoms with Crippen LogP contribution in [0.3, 0.4) is 0 Å². The van der Waals surface area contributed by atoms with E-state index in [1.165, 1.54) is 0 Å². The highest BCUT2D eigenvalue weighted by atomic mass is 16.5. The summed E-state index contributed by atoms with van der Waals surface area (Å²) in [6.07, 6.45) is 1.28. The van der Waals surface area contributed by atoms with Gasteiger partial charge < -0.3 is 20.1 Å². The highest BCUT2D eigenvalue weighted by molar-refractivity contribution is 5.90. The van der Waals surface area contributed by atoms with Crippen molar-refractivity contribution in [3.8, 4) is 11.1 Å². The maximum Gasteiger partial charge on any atom is 0.407 e. The molecule has 2 aliphatic rings. The lowest BCUT2D eigenvalue weighted by Crippen LogP contribution is -2.52. The van der Waals surface area contributed by atoms with Gasteiger partial charge in [0.2, 0.25) is 5.91 Å². The molecule has 2 N–H and O–H groups in total. The van der Waals surface area contributed by atoms with Crippen LogP contribution in [0.4, 0.5) is 4.79 Å². The first-order chi connectivity index (χ1) is 15.9. The average Bonchev–Trinajstić information content (AvgIpc) is 3.34. The van der Waals surface area contributed by atoms with Crippen LogP contribution in [0, 0.1) is 0 Å². The zero-order chi connectivity index (χ0) is 23.5. The fourth-order valence-electron chi connectivity index (χ4n) is 5.21. The number of nitrogens with zero attached hydrogens (tertiary/aromatic N) is 1. The summed E-state index contributed by atoms with van der Waals surface area (Å²) in [6.45, 7) is 4.07. The zero-order valence-corrected chi connectivity index (χ0v) is 19.0. The number of nitrogens with one attached hydrogen (secondary N) is 1. The van der Waals surface area contributed by atoms with Gasteiger partial charge in [-0.05, 0) is 48.4 Å². The third kappa shape index (κ3) is 4.58. The molecule has 1 fully saturated rings. The average molecular weight is 451 g/mol. The van der Waals surface area contributed by atoms with Crippen molar-refractivity contribution in [1.29, 1.82) is 0 Å². The van der Waals surface area contributed by atoms with Crippen molar-refractivity contribution in [2.75, 3.05) is 6.61 Å². The maximum absolute atomic E-state index is 13.2. The van der Waals surface area contributed by atoms with Crippen molar-refractivity contribution in [3.05, 3.63) is 59.7 Å². The number of ether oxygens (including phenoxy) is 1. The molecule has 1 aliphatic heterocycles. The fraction of sp³-hybridized carbons (Fsp3) is 0.423. The minimum Gasteiger partial charge on any atom is -0.481 e. The van der Waals surface area contributed by atoms with E-state index in [1.54, 1.807) is 4.90 Å². The molecule has 4 rings (SSSR count). The molecule has 0 aromatic heterocycles. The summed E-state index contributed by atoms with van der Waals surface area (Å²) in [6, 6.07) is 15.0. The Morgan fingerprint density at radius 3 is 2.24 bits per heavy atom. The van der Waals surface area contributed by atoms with Gasteiger partial charge in [-0.3, -0.25) is 9.59 Å².